The van der Waals surface area contributed by atoms with Crippen molar-refractivity contribution in [3.63, 3.8) is 0 Å². The van der Waals surface area contributed by atoms with Crippen molar-refractivity contribution in [1.29, 1.82) is 0 Å². The van der Waals surface area contributed by atoms with E-state index in [1.165, 1.54) is 0 Å². The zero-order valence-corrected chi connectivity index (χ0v) is 17.4. The van der Waals surface area contributed by atoms with Gasteiger partial charge in [0.2, 0.25) is 5.91 Å². The van der Waals surface area contributed by atoms with Crippen molar-refractivity contribution in [3.05, 3.63) is 64.1 Å². The minimum absolute atomic E-state index is 0.0205. The molecule has 2 unspecified atom stereocenters. The van der Waals surface area contributed by atoms with E-state index >= 15 is 0 Å². The predicted molar refractivity (Wildman–Crippen MR) is 112 cm³/mol. The lowest BCUT2D eigenvalue weighted by Gasteiger charge is -2.43. The molecule has 5 nitrogen and oxygen atoms in total. The molecule has 148 valence electrons. The molecule has 0 bridgehead atoms. The average Bonchev–Trinajstić information content (AvgIpc) is 2.96. The highest BCUT2D eigenvalue weighted by molar-refractivity contribution is 7.91. The van der Waals surface area contributed by atoms with Crippen molar-refractivity contribution in [3.8, 4) is 0 Å². The second-order valence-electron chi connectivity index (χ2n) is 7.30. The second kappa shape index (κ2) is 7.67. The lowest BCUT2D eigenvalue weighted by Crippen LogP contribution is -2.62. The Morgan fingerprint density at radius 2 is 1.68 bits per heavy atom. The van der Waals surface area contributed by atoms with Crippen molar-refractivity contribution < 1.29 is 13.2 Å². The van der Waals surface area contributed by atoms with Gasteiger partial charge in [0, 0.05) is 28.3 Å². The van der Waals surface area contributed by atoms with Gasteiger partial charge in [-0.1, -0.05) is 41.4 Å². The molecule has 0 saturated carbocycles. The molecule has 2 aromatic carbocycles. The Bertz CT molecular complexity index is 995. The Morgan fingerprint density at radius 3 is 2.39 bits per heavy atom. The summed E-state index contributed by atoms with van der Waals surface area (Å²) in [6.07, 6.45) is 0.727. The first kappa shape index (κ1) is 19.7. The number of sulfone groups is 1. The maximum Gasteiger partial charge on any atom is 0.241 e. The minimum atomic E-state index is -3.21. The fourth-order valence-electron chi connectivity index (χ4n) is 4.09. The first-order chi connectivity index (χ1) is 13.3. The zero-order chi connectivity index (χ0) is 19.9. The number of nitrogens with zero attached hydrogens (tertiary/aromatic N) is 2. The second-order valence-corrected chi connectivity index (χ2v) is 10.3. The first-order valence-corrected chi connectivity index (χ1v) is 11.7. The van der Waals surface area contributed by atoms with E-state index in [4.69, 9.17) is 23.2 Å². The highest BCUT2D eigenvalue weighted by Gasteiger charge is 2.49. The van der Waals surface area contributed by atoms with Crippen molar-refractivity contribution in [2.24, 2.45) is 0 Å². The molecule has 2 heterocycles. The number of carbonyl (C=O) groups excluding carboxylic acids is 1. The van der Waals surface area contributed by atoms with Crippen LogP contribution in [0.15, 0.2) is 48.5 Å². The molecule has 2 saturated heterocycles. The lowest BCUT2D eigenvalue weighted by molar-refractivity contribution is -0.123. The van der Waals surface area contributed by atoms with Crippen LogP contribution in [-0.4, -0.2) is 55.9 Å². The van der Waals surface area contributed by atoms with Gasteiger partial charge in [0.05, 0.1) is 24.1 Å². The summed E-state index contributed by atoms with van der Waals surface area (Å²) >= 11 is 12.0. The van der Waals surface area contributed by atoms with Crippen molar-refractivity contribution in [2.75, 3.05) is 29.5 Å². The molecule has 0 aromatic heterocycles. The van der Waals surface area contributed by atoms with E-state index < -0.39 is 15.9 Å². The minimum Gasteiger partial charge on any atom is -0.306 e. The topological polar surface area (TPSA) is 57.7 Å². The van der Waals surface area contributed by atoms with Gasteiger partial charge in [0.1, 0.15) is 0 Å². The van der Waals surface area contributed by atoms with Crippen LogP contribution in [-0.2, 0) is 21.1 Å². The maximum absolute atomic E-state index is 13.0. The number of anilines is 1. The summed E-state index contributed by atoms with van der Waals surface area (Å²) in [4.78, 5) is 16.6. The fourth-order valence-corrected chi connectivity index (χ4v) is 6.38. The van der Waals surface area contributed by atoms with Gasteiger partial charge in [-0.25, -0.2) is 8.42 Å². The third kappa shape index (κ3) is 4.06. The van der Waals surface area contributed by atoms with Crippen LogP contribution in [0.1, 0.15) is 5.56 Å². The Morgan fingerprint density at radius 1 is 0.964 bits per heavy atom. The lowest BCUT2D eigenvalue weighted by atomic mass is 10.0. The Hall–Kier alpha value is -1.60. The van der Waals surface area contributed by atoms with Crippen molar-refractivity contribution in [1.82, 2.24) is 4.90 Å². The standard InChI is InChI=1S/C20H20Cl2N2O3S/c21-15-6-4-14(5-7-15)8-9-23-11-20(25)24(17-3-1-2-16(22)10-17)19-13-28(26,27)12-18(19)23/h1-7,10,18-19H,8-9,11-13H2. The van der Waals surface area contributed by atoms with Crippen LogP contribution < -0.4 is 4.90 Å². The fraction of sp³-hybridized carbons (Fsp3) is 0.350. The van der Waals surface area contributed by atoms with E-state index in [0.29, 0.717) is 22.3 Å². The molecule has 4 rings (SSSR count). The summed E-state index contributed by atoms with van der Waals surface area (Å²) in [5, 5.41) is 1.20. The van der Waals surface area contributed by atoms with E-state index in [1.54, 1.807) is 29.2 Å². The molecule has 1 amide bonds. The van der Waals surface area contributed by atoms with Crippen LogP contribution in [0.3, 0.4) is 0 Å². The van der Waals surface area contributed by atoms with E-state index in [9.17, 15) is 13.2 Å². The number of carbonyl (C=O) groups is 1. The third-order valence-corrected chi connectivity index (χ3v) is 7.57. The number of halogens is 2. The molecule has 0 radical (unpaired) electrons. The summed E-state index contributed by atoms with van der Waals surface area (Å²) in [6.45, 7) is 0.810. The summed E-state index contributed by atoms with van der Waals surface area (Å²) < 4.78 is 24.8. The summed E-state index contributed by atoms with van der Waals surface area (Å²) in [6, 6.07) is 14.0. The zero-order valence-electron chi connectivity index (χ0n) is 15.1. The molecular formula is C20H20Cl2N2O3S. The summed E-state index contributed by atoms with van der Waals surface area (Å²) in [5.41, 5.74) is 1.76. The van der Waals surface area contributed by atoms with Gasteiger partial charge in [0.25, 0.3) is 0 Å². The molecule has 2 aliphatic heterocycles. The van der Waals surface area contributed by atoms with Gasteiger partial charge >= 0.3 is 0 Å². The number of benzene rings is 2. The van der Waals surface area contributed by atoms with Gasteiger partial charge in [-0.15, -0.1) is 0 Å². The van der Waals surface area contributed by atoms with Crippen LogP contribution >= 0.6 is 23.2 Å². The number of fused-ring (bicyclic) bond motifs is 1. The van der Waals surface area contributed by atoms with Crippen LogP contribution in [0, 0.1) is 0 Å². The number of hydrogen-bond acceptors (Lipinski definition) is 4. The van der Waals surface area contributed by atoms with Crippen LogP contribution in [0.4, 0.5) is 5.69 Å². The molecule has 2 aromatic rings. The molecule has 28 heavy (non-hydrogen) atoms. The van der Waals surface area contributed by atoms with Crippen molar-refractivity contribution in [2.45, 2.75) is 18.5 Å². The third-order valence-electron chi connectivity index (χ3n) is 5.39. The smallest absolute Gasteiger partial charge is 0.241 e. The number of amides is 1. The van der Waals surface area contributed by atoms with Crippen LogP contribution in [0.2, 0.25) is 10.0 Å². The summed E-state index contributed by atoms with van der Waals surface area (Å²) in [5.74, 6) is -0.0487. The van der Waals surface area contributed by atoms with Gasteiger partial charge < -0.3 is 4.90 Å². The van der Waals surface area contributed by atoms with Crippen LogP contribution in [0.5, 0.6) is 0 Å². The molecule has 2 fully saturated rings. The average molecular weight is 439 g/mol. The number of rotatable bonds is 4. The predicted octanol–water partition coefficient (Wildman–Crippen LogP) is 3.05. The number of piperazine rings is 1. The summed E-state index contributed by atoms with van der Waals surface area (Å²) in [7, 11) is -3.21. The van der Waals surface area contributed by atoms with Gasteiger partial charge in [0.15, 0.2) is 9.84 Å². The number of hydrogen-bond donors (Lipinski definition) is 0. The van der Waals surface area contributed by atoms with E-state index in [2.05, 4.69) is 0 Å². The molecule has 0 N–H and O–H groups in total. The van der Waals surface area contributed by atoms with Gasteiger partial charge in [-0.05, 0) is 42.3 Å². The van der Waals surface area contributed by atoms with Crippen LogP contribution in [0.25, 0.3) is 0 Å². The largest absolute Gasteiger partial charge is 0.306 e. The highest BCUT2D eigenvalue weighted by Crippen LogP contribution is 2.32. The Labute approximate surface area is 174 Å². The highest BCUT2D eigenvalue weighted by atomic mass is 35.5. The quantitative estimate of drug-likeness (QED) is 0.735. The van der Waals surface area contributed by atoms with Crippen molar-refractivity contribution >= 4 is 44.6 Å². The maximum atomic E-state index is 13.0. The van der Waals surface area contributed by atoms with E-state index in [-0.39, 0.29) is 30.0 Å². The molecule has 0 aliphatic carbocycles. The van der Waals surface area contributed by atoms with Gasteiger partial charge in [-0.2, -0.15) is 0 Å². The molecule has 0 spiro atoms. The Balaban J connectivity index is 1.58. The first-order valence-electron chi connectivity index (χ1n) is 9.09. The van der Waals surface area contributed by atoms with E-state index in [1.807, 2.05) is 29.2 Å². The molecule has 2 aliphatic rings. The van der Waals surface area contributed by atoms with Gasteiger partial charge in [-0.3, -0.25) is 9.69 Å². The normalized spacial score (nSPS) is 24.4. The molecular weight excluding hydrogens is 419 g/mol. The molecule has 8 heteroatoms. The SMILES string of the molecule is O=C1CN(CCc2ccc(Cl)cc2)C2CS(=O)(=O)CC2N1c1cccc(Cl)c1. The molecule has 2 atom stereocenters. The van der Waals surface area contributed by atoms with E-state index in [0.717, 1.165) is 12.0 Å². The Kier molecular flexibility index (Phi) is 5.40. The monoisotopic (exact) mass is 438 g/mol.